The quantitative estimate of drug-likeness (QED) is 0.784. The lowest BCUT2D eigenvalue weighted by molar-refractivity contribution is 0.499. The smallest absolute Gasteiger partial charge is 0.123 e. The summed E-state index contributed by atoms with van der Waals surface area (Å²) in [6, 6.07) is 10.4. The first-order valence-electron chi connectivity index (χ1n) is 5.68. The van der Waals surface area contributed by atoms with E-state index >= 15 is 0 Å². The minimum absolute atomic E-state index is 0.883. The predicted molar refractivity (Wildman–Crippen MR) is 64.1 cm³/mol. The molecule has 0 saturated heterocycles. The summed E-state index contributed by atoms with van der Waals surface area (Å²) in [5.41, 5.74) is 3.61. The van der Waals surface area contributed by atoms with Crippen LogP contribution in [-0.2, 0) is 13.1 Å². The third-order valence-corrected chi connectivity index (χ3v) is 3.14. The van der Waals surface area contributed by atoms with Crippen LogP contribution in [0.2, 0.25) is 0 Å². The van der Waals surface area contributed by atoms with Crippen molar-refractivity contribution in [1.29, 1.82) is 0 Å². The van der Waals surface area contributed by atoms with Crippen LogP contribution in [0.3, 0.4) is 0 Å². The van der Waals surface area contributed by atoms with Gasteiger partial charge in [0, 0.05) is 24.3 Å². The van der Waals surface area contributed by atoms with Crippen LogP contribution < -0.4 is 5.32 Å². The Morgan fingerprint density at radius 3 is 2.81 bits per heavy atom. The van der Waals surface area contributed by atoms with Crippen LogP contribution in [0.4, 0.5) is 0 Å². The van der Waals surface area contributed by atoms with Crippen LogP contribution in [0, 0.1) is 6.92 Å². The highest BCUT2D eigenvalue weighted by atomic mass is 15.2. The normalized spacial score (nSPS) is 14.8. The van der Waals surface area contributed by atoms with Gasteiger partial charge < -0.3 is 9.88 Å². The van der Waals surface area contributed by atoms with E-state index in [1.165, 1.54) is 11.3 Å². The second-order valence-corrected chi connectivity index (χ2v) is 4.16. The lowest BCUT2D eigenvalue weighted by Gasteiger charge is -2.15. The molecule has 1 aromatic heterocycles. The maximum atomic E-state index is 4.72. The molecular formula is C13H15N3. The van der Waals surface area contributed by atoms with Crippen molar-refractivity contribution in [1.82, 2.24) is 14.9 Å². The maximum absolute atomic E-state index is 4.72. The van der Waals surface area contributed by atoms with Crippen molar-refractivity contribution >= 4 is 0 Å². The molecule has 0 fully saturated rings. The van der Waals surface area contributed by atoms with Crippen LogP contribution in [0.5, 0.6) is 0 Å². The second-order valence-electron chi connectivity index (χ2n) is 4.16. The molecule has 0 bridgehead atoms. The second kappa shape index (κ2) is 3.76. The number of aromatic nitrogens is 2. The number of rotatable bonds is 1. The molecule has 0 unspecified atom stereocenters. The van der Waals surface area contributed by atoms with Crippen LogP contribution in [0.1, 0.15) is 11.5 Å². The monoisotopic (exact) mass is 213 g/mol. The van der Waals surface area contributed by atoms with E-state index in [-0.39, 0.29) is 0 Å². The van der Waals surface area contributed by atoms with Gasteiger partial charge in [-0.15, -0.1) is 0 Å². The van der Waals surface area contributed by atoms with Gasteiger partial charge in [-0.2, -0.15) is 0 Å². The summed E-state index contributed by atoms with van der Waals surface area (Å²) in [4.78, 5) is 4.72. The van der Waals surface area contributed by atoms with Gasteiger partial charge in [0.05, 0.1) is 12.2 Å². The van der Waals surface area contributed by atoms with E-state index in [1.54, 1.807) is 0 Å². The van der Waals surface area contributed by atoms with Crippen molar-refractivity contribution in [3.05, 3.63) is 41.9 Å². The van der Waals surface area contributed by atoms with Crippen molar-refractivity contribution in [2.24, 2.45) is 0 Å². The molecule has 0 atom stereocenters. The fourth-order valence-electron chi connectivity index (χ4n) is 2.28. The highest BCUT2D eigenvalue weighted by Gasteiger charge is 2.16. The minimum atomic E-state index is 0.883. The first kappa shape index (κ1) is 9.60. The number of hydrogen-bond donors (Lipinski definition) is 1. The van der Waals surface area contributed by atoms with E-state index in [0.29, 0.717) is 0 Å². The highest BCUT2D eigenvalue weighted by Crippen LogP contribution is 2.24. The van der Waals surface area contributed by atoms with E-state index in [4.69, 9.17) is 4.98 Å². The van der Waals surface area contributed by atoms with Crippen molar-refractivity contribution in [2.45, 2.75) is 20.0 Å². The molecule has 0 saturated carbocycles. The summed E-state index contributed by atoms with van der Waals surface area (Å²) >= 11 is 0. The van der Waals surface area contributed by atoms with Crippen molar-refractivity contribution in [2.75, 3.05) is 6.54 Å². The molecule has 0 spiro atoms. The van der Waals surface area contributed by atoms with E-state index in [2.05, 4.69) is 41.1 Å². The molecule has 3 rings (SSSR count). The number of hydrogen-bond acceptors (Lipinski definition) is 2. The van der Waals surface area contributed by atoms with Gasteiger partial charge in [-0.25, -0.2) is 4.98 Å². The third-order valence-electron chi connectivity index (χ3n) is 3.14. The van der Waals surface area contributed by atoms with Crippen molar-refractivity contribution < 1.29 is 0 Å². The topological polar surface area (TPSA) is 29.9 Å². The third kappa shape index (κ3) is 1.44. The van der Waals surface area contributed by atoms with Gasteiger partial charge in [-0.3, -0.25) is 0 Å². The van der Waals surface area contributed by atoms with E-state index in [9.17, 15) is 0 Å². The summed E-state index contributed by atoms with van der Waals surface area (Å²) in [6.07, 6.45) is 0. The molecule has 0 radical (unpaired) electrons. The number of nitrogens with one attached hydrogen (secondary N) is 1. The summed E-state index contributed by atoms with van der Waals surface area (Å²) in [6.45, 7) is 5.11. The lowest BCUT2D eigenvalue weighted by atomic mass is 10.1. The maximum Gasteiger partial charge on any atom is 0.123 e. The lowest BCUT2D eigenvalue weighted by Crippen LogP contribution is -2.28. The van der Waals surface area contributed by atoms with Crippen molar-refractivity contribution in [3.8, 4) is 11.3 Å². The molecule has 1 aliphatic heterocycles. The van der Waals surface area contributed by atoms with Crippen molar-refractivity contribution in [3.63, 3.8) is 0 Å². The average molecular weight is 213 g/mol. The molecule has 3 nitrogen and oxygen atoms in total. The Bertz CT molecular complexity index is 499. The zero-order valence-corrected chi connectivity index (χ0v) is 9.40. The molecule has 1 aliphatic rings. The Balaban J connectivity index is 2.12. The van der Waals surface area contributed by atoms with Gasteiger partial charge in [-0.1, -0.05) is 30.3 Å². The van der Waals surface area contributed by atoms with Crippen LogP contribution in [-0.4, -0.2) is 16.1 Å². The van der Waals surface area contributed by atoms with Gasteiger partial charge >= 0.3 is 0 Å². The number of fused-ring (bicyclic) bond motifs is 1. The van der Waals surface area contributed by atoms with Crippen LogP contribution in [0.25, 0.3) is 11.3 Å². The first-order chi connectivity index (χ1) is 7.86. The molecule has 2 aromatic rings. The first-order valence-corrected chi connectivity index (χ1v) is 5.68. The number of benzene rings is 1. The Labute approximate surface area is 95.1 Å². The SMILES string of the molecule is Cc1c(-c2ccccc2)nc2n1CCNC2. The fraction of sp³-hybridized carbons (Fsp3) is 0.308. The molecular weight excluding hydrogens is 198 g/mol. The molecule has 82 valence electrons. The summed E-state index contributed by atoms with van der Waals surface area (Å²) in [5.74, 6) is 1.16. The van der Waals surface area contributed by atoms with Gasteiger partial charge in [-0.05, 0) is 6.92 Å². The zero-order valence-electron chi connectivity index (χ0n) is 9.40. The molecule has 3 heteroatoms. The van der Waals surface area contributed by atoms with Crippen LogP contribution >= 0.6 is 0 Å². The molecule has 0 aliphatic carbocycles. The van der Waals surface area contributed by atoms with Gasteiger partial charge in [0.2, 0.25) is 0 Å². The largest absolute Gasteiger partial charge is 0.329 e. The van der Waals surface area contributed by atoms with Gasteiger partial charge in [0.25, 0.3) is 0 Å². The number of imidazole rings is 1. The van der Waals surface area contributed by atoms with E-state index in [0.717, 1.165) is 31.2 Å². The van der Waals surface area contributed by atoms with Gasteiger partial charge in [0.1, 0.15) is 5.82 Å². The summed E-state index contributed by atoms with van der Waals surface area (Å²) in [5, 5.41) is 3.35. The molecule has 1 N–H and O–H groups in total. The highest BCUT2D eigenvalue weighted by molar-refractivity contribution is 5.62. The molecule has 16 heavy (non-hydrogen) atoms. The minimum Gasteiger partial charge on any atom is -0.329 e. The number of nitrogens with zero attached hydrogens (tertiary/aromatic N) is 2. The van der Waals surface area contributed by atoms with E-state index in [1.807, 2.05) is 6.07 Å². The average Bonchev–Trinajstić information content (AvgIpc) is 2.69. The van der Waals surface area contributed by atoms with Gasteiger partial charge in [0.15, 0.2) is 0 Å². The zero-order chi connectivity index (χ0) is 11.0. The summed E-state index contributed by atoms with van der Waals surface area (Å²) in [7, 11) is 0. The standard InChI is InChI=1S/C13H15N3/c1-10-13(11-5-3-2-4-6-11)15-12-9-14-7-8-16(10)12/h2-6,14H,7-9H2,1H3. The predicted octanol–water partition coefficient (Wildman–Crippen LogP) is 1.96. The molecule has 2 heterocycles. The molecule has 1 aromatic carbocycles. The fourth-order valence-corrected chi connectivity index (χ4v) is 2.28. The molecule has 0 amide bonds. The van der Waals surface area contributed by atoms with E-state index < -0.39 is 0 Å². The Morgan fingerprint density at radius 1 is 1.25 bits per heavy atom. The Hall–Kier alpha value is -1.61. The van der Waals surface area contributed by atoms with Crippen LogP contribution in [0.15, 0.2) is 30.3 Å². The Kier molecular flexibility index (Phi) is 2.26. The summed E-state index contributed by atoms with van der Waals surface area (Å²) < 4.78 is 2.32. The Morgan fingerprint density at radius 2 is 2.06 bits per heavy atom.